The maximum atomic E-state index is 11.0. The standard InChI is InChI=1S/C20H25N7O3.C20H27N7O/c1-3-15-13-22-26-18(15)23-20(30-17-7-9-25(2)10-8-17)24-19(26)21-12-14-5-4-6-16(11-14)27(28)29;1-3-15-13-23-27-18(15)24-20(28-17-7-9-26(2)10-8-17)25-19(27)22-12-14-5-4-6-16(21)11-14/h4-6,11,13,17H,3,7-10,12H2,1-2H3,(H,21,23,24);4-6,11,13,17H,3,7-10,12,21H2,1-2H3,(H,22,24,25). The van der Waals surface area contributed by atoms with Crippen LogP contribution in [0.25, 0.3) is 11.3 Å². The fourth-order valence-electron chi connectivity index (χ4n) is 6.99. The van der Waals surface area contributed by atoms with E-state index >= 15 is 0 Å². The average molecular weight is 793 g/mol. The zero-order valence-corrected chi connectivity index (χ0v) is 33.5. The molecule has 2 fully saturated rings. The molecule has 306 valence electrons. The Morgan fingerprint density at radius 3 is 1.64 bits per heavy atom. The minimum atomic E-state index is -0.402. The molecule has 8 rings (SSSR count). The Bertz CT molecular complexity index is 2310. The van der Waals surface area contributed by atoms with Gasteiger partial charge in [0.15, 0.2) is 11.3 Å². The molecule has 4 aromatic heterocycles. The number of likely N-dealkylation sites (tertiary alicyclic amines) is 2. The van der Waals surface area contributed by atoms with E-state index in [9.17, 15) is 10.1 Å². The van der Waals surface area contributed by atoms with E-state index in [1.807, 2.05) is 43.5 Å². The maximum Gasteiger partial charge on any atom is 0.322 e. The molecule has 18 nitrogen and oxygen atoms in total. The lowest BCUT2D eigenvalue weighted by atomic mass is 10.1. The van der Waals surface area contributed by atoms with Gasteiger partial charge in [0.1, 0.15) is 12.2 Å². The molecule has 4 N–H and O–H groups in total. The number of hydrogen-bond donors (Lipinski definition) is 3. The molecule has 0 aliphatic carbocycles. The summed E-state index contributed by atoms with van der Waals surface area (Å²) in [6.45, 7) is 9.12. The van der Waals surface area contributed by atoms with Gasteiger partial charge in [-0.05, 0) is 75.9 Å². The molecule has 2 aliphatic heterocycles. The second-order valence-corrected chi connectivity index (χ2v) is 14.8. The number of nitrogens with zero attached hydrogens (tertiary/aromatic N) is 11. The van der Waals surface area contributed by atoms with Crippen LogP contribution in [-0.2, 0) is 25.9 Å². The van der Waals surface area contributed by atoms with E-state index < -0.39 is 4.92 Å². The number of rotatable bonds is 13. The second-order valence-electron chi connectivity index (χ2n) is 14.8. The number of non-ortho nitro benzene ring substituents is 1. The summed E-state index contributed by atoms with van der Waals surface area (Å²) in [6.07, 6.45) is 9.32. The van der Waals surface area contributed by atoms with Gasteiger partial charge < -0.3 is 35.6 Å². The number of aromatic nitrogens is 8. The number of nitrogen functional groups attached to an aromatic ring is 1. The molecular weight excluding hydrogens is 741 g/mol. The van der Waals surface area contributed by atoms with Gasteiger partial charge in [-0.25, -0.2) is 0 Å². The summed E-state index contributed by atoms with van der Waals surface area (Å²) in [7, 11) is 4.24. The lowest BCUT2D eigenvalue weighted by molar-refractivity contribution is -0.384. The summed E-state index contributed by atoms with van der Waals surface area (Å²) in [5, 5.41) is 26.5. The zero-order chi connectivity index (χ0) is 40.6. The molecule has 0 spiro atoms. The second kappa shape index (κ2) is 18.4. The third-order valence-corrected chi connectivity index (χ3v) is 10.5. The normalized spacial score (nSPS) is 15.6. The molecule has 0 radical (unpaired) electrons. The average Bonchev–Trinajstić information content (AvgIpc) is 3.85. The third-order valence-electron chi connectivity index (χ3n) is 10.5. The smallest absolute Gasteiger partial charge is 0.322 e. The lowest BCUT2D eigenvalue weighted by Crippen LogP contribution is -2.36. The Kier molecular flexibility index (Phi) is 12.7. The number of nitrogens with one attached hydrogen (secondary N) is 2. The summed E-state index contributed by atoms with van der Waals surface area (Å²) in [4.78, 5) is 33.6. The number of nitro benzene ring substituents is 1. The predicted octanol–water partition coefficient (Wildman–Crippen LogP) is 5.03. The van der Waals surface area contributed by atoms with Crippen molar-refractivity contribution in [1.82, 2.24) is 49.0 Å². The third kappa shape index (κ3) is 9.86. The number of piperidine rings is 2. The molecule has 0 bridgehead atoms. The van der Waals surface area contributed by atoms with Crippen molar-refractivity contribution in [2.75, 3.05) is 56.6 Å². The van der Waals surface area contributed by atoms with Crippen molar-refractivity contribution >= 4 is 34.6 Å². The Labute approximate surface area is 336 Å². The summed E-state index contributed by atoms with van der Waals surface area (Å²) in [6, 6.07) is 15.0. The number of benzene rings is 2. The van der Waals surface area contributed by atoms with E-state index in [1.54, 1.807) is 27.4 Å². The van der Waals surface area contributed by atoms with E-state index in [0.717, 1.165) is 98.3 Å². The molecule has 58 heavy (non-hydrogen) atoms. The van der Waals surface area contributed by atoms with Crippen molar-refractivity contribution in [3.05, 3.63) is 93.3 Å². The minimum absolute atomic E-state index is 0.0563. The lowest BCUT2D eigenvalue weighted by Gasteiger charge is -2.28. The van der Waals surface area contributed by atoms with Crippen LogP contribution in [0.2, 0.25) is 0 Å². The van der Waals surface area contributed by atoms with Gasteiger partial charge in [0.2, 0.25) is 11.9 Å². The fourth-order valence-corrected chi connectivity index (χ4v) is 6.99. The van der Waals surface area contributed by atoms with Crippen LogP contribution in [-0.4, -0.2) is 106 Å². The molecule has 0 atom stereocenters. The van der Waals surface area contributed by atoms with Crippen molar-refractivity contribution in [1.29, 1.82) is 0 Å². The monoisotopic (exact) mass is 792 g/mol. The number of anilines is 3. The van der Waals surface area contributed by atoms with Gasteiger partial charge in [0.25, 0.3) is 5.69 Å². The van der Waals surface area contributed by atoms with E-state index in [2.05, 4.69) is 71.6 Å². The SMILES string of the molecule is CCc1cnn2c(NCc3cccc(N)c3)nc(OC3CCN(C)CC3)nc12.CCc1cnn2c(NCc3cccc([N+](=O)[O-])c3)nc(OC3CCN(C)CC3)nc12. The van der Waals surface area contributed by atoms with Crippen molar-refractivity contribution in [2.24, 2.45) is 0 Å². The molecule has 0 amide bonds. The van der Waals surface area contributed by atoms with Gasteiger partial charge in [-0.15, -0.1) is 0 Å². The van der Waals surface area contributed by atoms with E-state index in [0.29, 0.717) is 42.7 Å². The Balaban J connectivity index is 0.000000177. The topological polar surface area (TPSA) is 204 Å². The van der Waals surface area contributed by atoms with Gasteiger partial charge in [0, 0.05) is 68.2 Å². The highest BCUT2D eigenvalue weighted by Crippen LogP contribution is 2.23. The summed E-state index contributed by atoms with van der Waals surface area (Å²) < 4.78 is 15.6. The fraction of sp³-hybridized carbons (Fsp3) is 0.450. The number of hydrogen-bond acceptors (Lipinski definition) is 15. The number of aryl methyl sites for hydroxylation is 2. The number of ether oxygens (including phenoxy) is 2. The van der Waals surface area contributed by atoms with Crippen molar-refractivity contribution in [2.45, 2.75) is 77.7 Å². The Hall–Kier alpha value is -6.14. The number of nitrogens with two attached hydrogens (primary N) is 1. The van der Waals surface area contributed by atoms with Gasteiger partial charge >= 0.3 is 12.0 Å². The van der Waals surface area contributed by atoms with Gasteiger partial charge in [-0.2, -0.15) is 39.2 Å². The van der Waals surface area contributed by atoms with Crippen molar-refractivity contribution in [3.63, 3.8) is 0 Å². The first-order valence-electron chi connectivity index (χ1n) is 19.9. The van der Waals surface area contributed by atoms with Gasteiger partial charge in [-0.3, -0.25) is 10.1 Å². The first-order chi connectivity index (χ1) is 28.1. The molecule has 6 heterocycles. The van der Waals surface area contributed by atoms with E-state index in [1.165, 1.54) is 6.07 Å². The molecule has 0 unspecified atom stereocenters. The van der Waals surface area contributed by atoms with E-state index in [4.69, 9.17) is 15.2 Å². The minimum Gasteiger partial charge on any atom is -0.460 e. The molecule has 2 saturated heterocycles. The van der Waals surface area contributed by atoms with Crippen LogP contribution in [0, 0.1) is 10.1 Å². The summed E-state index contributed by atoms with van der Waals surface area (Å²) >= 11 is 0. The highest BCUT2D eigenvalue weighted by atomic mass is 16.6. The molecule has 2 aliphatic rings. The van der Waals surface area contributed by atoms with Gasteiger partial charge in [0.05, 0.1) is 17.3 Å². The van der Waals surface area contributed by atoms with Crippen LogP contribution < -0.4 is 25.8 Å². The molecule has 0 saturated carbocycles. The first-order valence-corrected chi connectivity index (χ1v) is 19.9. The van der Waals surface area contributed by atoms with Crippen molar-refractivity contribution < 1.29 is 14.4 Å². The maximum absolute atomic E-state index is 11.0. The largest absolute Gasteiger partial charge is 0.460 e. The number of fused-ring (bicyclic) bond motifs is 2. The quantitative estimate of drug-likeness (QED) is 0.0797. The van der Waals surface area contributed by atoms with Crippen LogP contribution >= 0.6 is 0 Å². The molecular formula is C40H52N14O4. The van der Waals surface area contributed by atoms with Crippen molar-refractivity contribution in [3.8, 4) is 12.0 Å². The Morgan fingerprint density at radius 1 is 0.724 bits per heavy atom. The molecule has 2 aromatic carbocycles. The first kappa shape index (κ1) is 40.1. The van der Waals surface area contributed by atoms with E-state index in [-0.39, 0.29) is 17.9 Å². The van der Waals surface area contributed by atoms with Crippen LogP contribution in [0.4, 0.5) is 23.3 Å². The Morgan fingerprint density at radius 2 is 1.19 bits per heavy atom. The predicted molar refractivity (Wildman–Crippen MR) is 221 cm³/mol. The van der Waals surface area contributed by atoms with Crippen LogP contribution in [0.15, 0.2) is 60.9 Å². The zero-order valence-electron chi connectivity index (χ0n) is 33.5. The van der Waals surface area contributed by atoms with Crippen LogP contribution in [0.5, 0.6) is 12.0 Å². The van der Waals surface area contributed by atoms with Crippen LogP contribution in [0.3, 0.4) is 0 Å². The summed E-state index contributed by atoms with van der Waals surface area (Å²) in [5.74, 6) is 1.11. The molecule has 6 aromatic rings. The molecule has 18 heteroatoms. The highest BCUT2D eigenvalue weighted by Gasteiger charge is 2.23. The van der Waals surface area contributed by atoms with Gasteiger partial charge in [-0.1, -0.05) is 38.1 Å². The van der Waals surface area contributed by atoms with Crippen LogP contribution in [0.1, 0.15) is 61.8 Å². The number of nitro groups is 1. The summed E-state index contributed by atoms with van der Waals surface area (Å²) in [5.41, 5.74) is 12.1. The highest BCUT2D eigenvalue weighted by molar-refractivity contribution is 5.53.